The van der Waals surface area contributed by atoms with Gasteiger partial charge in [-0.2, -0.15) is 0 Å². The highest BCUT2D eigenvalue weighted by molar-refractivity contribution is 6.33. The number of halogens is 1. The zero-order valence-corrected chi connectivity index (χ0v) is 13.3. The Kier molecular flexibility index (Phi) is 5.96. The molecule has 0 aliphatic heterocycles. The van der Waals surface area contributed by atoms with E-state index in [4.69, 9.17) is 17.3 Å². The molecule has 1 aromatic rings. The number of nitrogens with two attached hydrogens (primary N) is 1. The van der Waals surface area contributed by atoms with Crippen LogP contribution < -0.4 is 16.4 Å². The van der Waals surface area contributed by atoms with Gasteiger partial charge in [0, 0.05) is 24.7 Å². The summed E-state index contributed by atoms with van der Waals surface area (Å²) in [6.07, 6.45) is 2.41. The number of aromatic nitrogens is 1. The number of hydrogen-bond donors (Lipinski definition) is 3. The maximum absolute atomic E-state index is 12.3. The Morgan fingerprint density at radius 2 is 2.10 bits per heavy atom. The van der Waals surface area contributed by atoms with Crippen molar-refractivity contribution in [3.63, 3.8) is 0 Å². The number of rotatable bonds is 7. The van der Waals surface area contributed by atoms with E-state index < -0.39 is 11.4 Å². The number of pyridine rings is 1. The van der Waals surface area contributed by atoms with Gasteiger partial charge in [0.15, 0.2) is 0 Å². The lowest BCUT2D eigenvalue weighted by Crippen LogP contribution is -2.46. The highest BCUT2D eigenvalue weighted by atomic mass is 35.5. The molecule has 1 heterocycles. The lowest BCUT2D eigenvalue weighted by atomic mass is 9.99. The molecule has 0 saturated carbocycles. The van der Waals surface area contributed by atoms with E-state index in [0.29, 0.717) is 11.4 Å². The zero-order valence-electron chi connectivity index (χ0n) is 12.5. The van der Waals surface area contributed by atoms with Crippen LogP contribution in [0.15, 0.2) is 12.3 Å². The maximum atomic E-state index is 12.3. The van der Waals surface area contributed by atoms with E-state index in [2.05, 4.69) is 15.6 Å². The molecule has 1 rings (SSSR count). The third-order valence-corrected chi connectivity index (χ3v) is 3.03. The highest BCUT2D eigenvalue weighted by Crippen LogP contribution is 2.19. The number of nitrogens with one attached hydrogen (secondary N) is 2. The quantitative estimate of drug-likeness (QED) is 0.716. The second-order valence-electron chi connectivity index (χ2n) is 5.46. The van der Waals surface area contributed by atoms with Gasteiger partial charge in [0.2, 0.25) is 5.91 Å². The van der Waals surface area contributed by atoms with Gasteiger partial charge in [0.05, 0.1) is 10.6 Å². The summed E-state index contributed by atoms with van der Waals surface area (Å²) < 4.78 is 0. The van der Waals surface area contributed by atoms with Crippen LogP contribution in [0.4, 0.5) is 5.82 Å². The van der Waals surface area contributed by atoms with E-state index in [1.165, 1.54) is 6.20 Å². The molecule has 0 atom stereocenters. The SMILES string of the molecule is CCCNc1cc(C(=O)NC(C)(C)CC(N)=O)c(Cl)cn1. The van der Waals surface area contributed by atoms with Crippen LogP contribution in [0.3, 0.4) is 0 Å². The Balaban J connectivity index is 2.88. The molecule has 0 fully saturated rings. The Morgan fingerprint density at radius 1 is 1.43 bits per heavy atom. The van der Waals surface area contributed by atoms with Gasteiger partial charge in [0.1, 0.15) is 5.82 Å². The first kappa shape index (κ1) is 17.2. The van der Waals surface area contributed by atoms with Crippen molar-refractivity contribution >= 4 is 29.2 Å². The predicted molar refractivity (Wildman–Crippen MR) is 83.4 cm³/mol. The molecule has 6 nitrogen and oxygen atoms in total. The average molecular weight is 313 g/mol. The van der Waals surface area contributed by atoms with Gasteiger partial charge in [-0.3, -0.25) is 9.59 Å². The van der Waals surface area contributed by atoms with E-state index in [0.717, 1.165) is 13.0 Å². The van der Waals surface area contributed by atoms with Crippen LogP contribution in [0.1, 0.15) is 44.0 Å². The fraction of sp³-hybridized carbons (Fsp3) is 0.500. The standard InChI is InChI=1S/C14H21ClN4O2/c1-4-5-17-12-6-9(10(15)8-18-12)13(21)19-14(2,3)7-11(16)20/h6,8H,4-5,7H2,1-3H3,(H2,16,20)(H,17,18)(H,19,21). The highest BCUT2D eigenvalue weighted by Gasteiger charge is 2.24. The Labute approximate surface area is 129 Å². The minimum atomic E-state index is -0.744. The number of hydrogen-bond acceptors (Lipinski definition) is 4. The monoisotopic (exact) mass is 312 g/mol. The Hall–Kier alpha value is -1.82. The number of anilines is 1. The summed E-state index contributed by atoms with van der Waals surface area (Å²) in [6.45, 7) is 6.23. The first-order valence-electron chi connectivity index (χ1n) is 6.75. The molecule has 0 spiro atoms. The number of nitrogens with zero attached hydrogens (tertiary/aromatic N) is 1. The van der Waals surface area contributed by atoms with E-state index in [-0.39, 0.29) is 17.4 Å². The van der Waals surface area contributed by atoms with E-state index in [9.17, 15) is 9.59 Å². The summed E-state index contributed by atoms with van der Waals surface area (Å²) in [7, 11) is 0. The minimum absolute atomic E-state index is 0.0440. The van der Waals surface area contributed by atoms with Gasteiger partial charge in [0.25, 0.3) is 5.91 Å². The molecule has 0 aliphatic rings. The number of amides is 2. The van der Waals surface area contributed by atoms with Gasteiger partial charge < -0.3 is 16.4 Å². The van der Waals surface area contributed by atoms with Crippen molar-refractivity contribution in [2.24, 2.45) is 5.73 Å². The maximum Gasteiger partial charge on any atom is 0.253 e. The molecule has 116 valence electrons. The van der Waals surface area contributed by atoms with Crippen LogP contribution in [0.5, 0.6) is 0 Å². The number of carbonyl (C=O) groups excluding carboxylic acids is 2. The zero-order chi connectivity index (χ0) is 16.0. The van der Waals surface area contributed by atoms with Crippen molar-refractivity contribution in [2.75, 3.05) is 11.9 Å². The third kappa shape index (κ3) is 5.59. The first-order valence-corrected chi connectivity index (χ1v) is 7.13. The van der Waals surface area contributed by atoms with Gasteiger partial charge >= 0.3 is 0 Å². The number of carbonyl (C=O) groups is 2. The van der Waals surface area contributed by atoms with Gasteiger partial charge in [-0.1, -0.05) is 18.5 Å². The van der Waals surface area contributed by atoms with E-state index in [1.807, 2.05) is 6.92 Å². The predicted octanol–water partition coefficient (Wildman–Crippen LogP) is 1.94. The molecule has 0 saturated heterocycles. The summed E-state index contributed by atoms with van der Waals surface area (Å²) in [4.78, 5) is 27.4. The molecule has 1 aromatic heterocycles. The summed E-state index contributed by atoms with van der Waals surface area (Å²) in [6, 6.07) is 1.59. The lowest BCUT2D eigenvalue weighted by molar-refractivity contribution is -0.119. The smallest absolute Gasteiger partial charge is 0.253 e. The van der Waals surface area contributed by atoms with Crippen LogP contribution in [-0.4, -0.2) is 28.9 Å². The van der Waals surface area contributed by atoms with Gasteiger partial charge in [-0.25, -0.2) is 4.98 Å². The molecule has 7 heteroatoms. The third-order valence-electron chi connectivity index (χ3n) is 2.72. The molecule has 4 N–H and O–H groups in total. The van der Waals surface area contributed by atoms with Crippen LogP contribution >= 0.6 is 11.6 Å². The van der Waals surface area contributed by atoms with Crippen LogP contribution in [0, 0.1) is 0 Å². The molecule has 0 unspecified atom stereocenters. The molecule has 0 aliphatic carbocycles. The topological polar surface area (TPSA) is 97.1 Å². The summed E-state index contributed by atoms with van der Waals surface area (Å²) in [5.74, 6) is -0.265. The van der Waals surface area contributed by atoms with Crippen LogP contribution in [0.2, 0.25) is 5.02 Å². The van der Waals surface area contributed by atoms with Crippen molar-refractivity contribution < 1.29 is 9.59 Å². The molecule has 2 amide bonds. The minimum Gasteiger partial charge on any atom is -0.370 e. The summed E-state index contributed by atoms with van der Waals surface area (Å²) in [5, 5.41) is 6.09. The molecule has 0 aromatic carbocycles. The molecular formula is C14H21ClN4O2. The normalized spacial score (nSPS) is 11.0. The molecule has 21 heavy (non-hydrogen) atoms. The summed E-state index contributed by atoms with van der Waals surface area (Å²) in [5.41, 5.74) is 4.73. The lowest BCUT2D eigenvalue weighted by Gasteiger charge is -2.25. The molecule has 0 bridgehead atoms. The Morgan fingerprint density at radius 3 is 2.67 bits per heavy atom. The second kappa shape index (κ2) is 7.26. The van der Waals surface area contributed by atoms with E-state index in [1.54, 1.807) is 19.9 Å². The average Bonchev–Trinajstić information content (AvgIpc) is 2.35. The Bertz CT molecular complexity index is 532. The van der Waals surface area contributed by atoms with Crippen molar-refractivity contribution in [1.82, 2.24) is 10.3 Å². The van der Waals surface area contributed by atoms with E-state index >= 15 is 0 Å². The fourth-order valence-electron chi connectivity index (χ4n) is 1.82. The van der Waals surface area contributed by atoms with Crippen LogP contribution in [-0.2, 0) is 4.79 Å². The number of primary amides is 1. The first-order chi connectivity index (χ1) is 9.75. The largest absolute Gasteiger partial charge is 0.370 e. The molecular weight excluding hydrogens is 292 g/mol. The van der Waals surface area contributed by atoms with Crippen molar-refractivity contribution in [1.29, 1.82) is 0 Å². The second-order valence-corrected chi connectivity index (χ2v) is 5.86. The van der Waals surface area contributed by atoms with Gasteiger partial charge in [-0.05, 0) is 26.3 Å². The van der Waals surface area contributed by atoms with Crippen molar-refractivity contribution in [3.8, 4) is 0 Å². The fourth-order valence-corrected chi connectivity index (χ4v) is 2.01. The summed E-state index contributed by atoms with van der Waals surface area (Å²) >= 11 is 6.02. The van der Waals surface area contributed by atoms with Crippen LogP contribution in [0.25, 0.3) is 0 Å². The van der Waals surface area contributed by atoms with Crippen molar-refractivity contribution in [3.05, 3.63) is 22.8 Å². The van der Waals surface area contributed by atoms with Gasteiger partial charge in [-0.15, -0.1) is 0 Å². The molecule has 0 radical (unpaired) electrons. The van der Waals surface area contributed by atoms with Crippen molar-refractivity contribution in [2.45, 2.75) is 39.2 Å².